The molecule has 2 heterocycles. The molecule has 0 spiro atoms. The number of H-pyrrole nitrogens is 1. The molecule has 1 aliphatic heterocycles. The number of hydrogen-bond acceptors (Lipinski definition) is 10. The van der Waals surface area contributed by atoms with Crippen LogP contribution in [-0.4, -0.2) is 75.7 Å². The average Bonchev–Trinajstić information content (AvgIpc) is 3.57. The summed E-state index contributed by atoms with van der Waals surface area (Å²) in [5.74, 6) is -1.73. The highest BCUT2D eigenvalue weighted by molar-refractivity contribution is 6.10. The first kappa shape index (κ1) is 31.9. The Bertz CT molecular complexity index is 1380. The number of carbonyl (C=O) groups is 2. The number of nitrogens with one attached hydrogen (secondary N) is 3. The molecular weight excluding hydrogens is 561 g/mol. The van der Waals surface area contributed by atoms with E-state index in [0.29, 0.717) is 24.7 Å². The van der Waals surface area contributed by atoms with Crippen molar-refractivity contribution in [2.75, 3.05) is 6.61 Å². The van der Waals surface area contributed by atoms with Crippen LogP contribution in [0.4, 0.5) is 4.39 Å². The smallest absolute Gasteiger partial charge is 0.307 e. The van der Waals surface area contributed by atoms with Crippen molar-refractivity contribution < 1.29 is 33.7 Å². The minimum absolute atomic E-state index is 0.0101. The molecule has 13 nitrogen and oxygen atoms in total. The fourth-order valence-corrected chi connectivity index (χ4v) is 5.44. The van der Waals surface area contributed by atoms with Gasteiger partial charge in [0, 0.05) is 5.54 Å². The molecule has 9 N–H and O–H groups in total. The van der Waals surface area contributed by atoms with Gasteiger partial charge in [0.15, 0.2) is 5.84 Å². The van der Waals surface area contributed by atoms with Crippen LogP contribution in [0, 0.1) is 22.6 Å². The number of halogens is 1. The van der Waals surface area contributed by atoms with E-state index in [0.717, 1.165) is 19.3 Å². The fourth-order valence-electron chi connectivity index (χ4n) is 5.44. The number of nitrogens with two attached hydrogens (primary N) is 2. The Labute approximate surface area is 247 Å². The van der Waals surface area contributed by atoms with Gasteiger partial charge in [0.2, 0.25) is 11.5 Å². The zero-order chi connectivity index (χ0) is 31.2. The second kappa shape index (κ2) is 13.5. The molecule has 0 radical (unpaired) electrons. The topological polar surface area (TPSA) is 233 Å². The molecular formula is C29H36FN7O6. The van der Waals surface area contributed by atoms with E-state index in [4.69, 9.17) is 26.4 Å². The highest BCUT2D eigenvalue weighted by atomic mass is 19.1. The zero-order valence-corrected chi connectivity index (χ0v) is 23.5. The molecule has 1 aliphatic carbocycles. The van der Waals surface area contributed by atoms with E-state index in [9.17, 15) is 29.5 Å². The third-order valence-corrected chi connectivity index (χ3v) is 7.86. The van der Waals surface area contributed by atoms with Crippen molar-refractivity contribution in [3.63, 3.8) is 0 Å². The largest absolute Gasteiger partial charge is 0.463 e. The van der Waals surface area contributed by atoms with Gasteiger partial charge < -0.3 is 41.5 Å². The molecule has 1 aromatic carbocycles. The van der Waals surface area contributed by atoms with Crippen molar-refractivity contribution in [3.05, 3.63) is 59.2 Å². The predicted octanol–water partition coefficient (Wildman–Crippen LogP) is 0.628. The lowest BCUT2D eigenvalue weighted by molar-refractivity contribution is -0.152. The Balaban J connectivity index is 1.43. The molecule has 1 saturated carbocycles. The van der Waals surface area contributed by atoms with Gasteiger partial charge in [-0.3, -0.25) is 15.0 Å². The van der Waals surface area contributed by atoms with Crippen LogP contribution in [-0.2, 0) is 31.1 Å². The number of rotatable bonds is 10. The van der Waals surface area contributed by atoms with Crippen LogP contribution in [0.1, 0.15) is 55.5 Å². The number of aliphatic imine (C=N–C) groups is 1. The highest BCUT2D eigenvalue weighted by Gasteiger charge is 2.57. The summed E-state index contributed by atoms with van der Waals surface area (Å²) in [6.07, 6.45) is 0.637. The lowest BCUT2D eigenvalue weighted by Gasteiger charge is -2.32. The van der Waals surface area contributed by atoms with Crippen molar-refractivity contribution in [3.8, 4) is 6.07 Å². The number of amidine groups is 1. The summed E-state index contributed by atoms with van der Waals surface area (Å²) in [5.41, 5.74) is 10.4. The van der Waals surface area contributed by atoms with Gasteiger partial charge >= 0.3 is 5.97 Å². The molecule has 4 rings (SSSR count). The minimum Gasteiger partial charge on any atom is -0.463 e. The maximum absolute atomic E-state index is 13.2. The van der Waals surface area contributed by atoms with E-state index in [1.54, 1.807) is 0 Å². The molecule has 2 fully saturated rings. The Hall–Kier alpha value is -4.00. The van der Waals surface area contributed by atoms with Crippen LogP contribution in [0.3, 0.4) is 0 Å². The summed E-state index contributed by atoms with van der Waals surface area (Å²) in [4.78, 5) is 32.0. The van der Waals surface area contributed by atoms with Gasteiger partial charge in [0.1, 0.15) is 43.1 Å². The zero-order valence-electron chi connectivity index (χ0n) is 23.5. The summed E-state index contributed by atoms with van der Waals surface area (Å²) in [6, 6.07) is 9.22. The van der Waals surface area contributed by atoms with E-state index in [1.165, 1.54) is 36.4 Å². The van der Waals surface area contributed by atoms with E-state index in [1.807, 2.05) is 6.07 Å². The van der Waals surface area contributed by atoms with E-state index >= 15 is 0 Å². The molecule has 1 aromatic heterocycles. The Kier molecular flexibility index (Phi) is 10.0. The molecule has 14 heteroatoms. The third-order valence-electron chi connectivity index (χ3n) is 7.86. The second-order valence-corrected chi connectivity index (χ2v) is 11.0. The van der Waals surface area contributed by atoms with E-state index in [2.05, 4.69) is 15.3 Å². The number of aliphatic hydroxyl groups is 2. The lowest BCUT2D eigenvalue weighted by Crippen LogP contribution is -2.45. The quantitative estimate of drug-likeness (QED) is 0.115. The summed E-state index contributed by atoms with van der Waals surface area (Å²) in [5, 5.41) is 41.5. The number of carbonyl (C=O) groups excluding carboxylic acids is 2. The van der Waals surface area contributed by atoms with Gasteiger partial charge in [-0.1, -0.05) is 31.4 Å². The normalized spacial score (nSPS) is 25.9. The third kappa shape index (κ3) is 7.32. The van der Waals surface area contributed by atoms with Gasteiger partial charge in [-0.05, 0) is 49.1 Å². The molecule has 2 aliphatic rings. The van der Waals surface area contributed by atoms with E-state index < -0.39 is 59.8 Å². The summed E-state index contributed by atoms with van der Waals surface area (Å²) in [6.45, 7) is -0.410. The number of nitriles is 1. The first-order valence-corrected chi connectivity index (χ1v) is 14.0. The summed E-state index contributed by atoms with van der Waals surface area (Å²) >= 11 is 0. The summed E-state index contributed by atoms with van der Waals surface area (Å²) in [7, 11) is 0. The number of benzene rings is 1. The van der Waals surface area contributed by atoms with Crippen LogP contribution < -0.4 is 16.8 Å². The maximum Gasteiger partial charge on any atom is 0.307 e. The first-order valence-electron chi connectivity index (χ1n) is 14.0. The van der Waals surface area contributed by atoms with Gasteiger partial charge in [-0.25, -0.2) is 9.38 Å². The maximum atomic E-state index is 13.2. The number of aromatic amines is 1. The first-order chi connectivity index (χ1) is 20.5. The number of amides is 1. The minimum atomic E-state index is -2.08. The SMILES string of the molecule is N#C[C@@]1(c2ccc(/C(=N\C=N)NC(=O)[C@@H](N)Cc3ccc(F)cc3)[nH]2)O[C@H](COC(=O)CC2(N)CCCCC2)[C@@H](O)[C@H]1O. The van der Waals surface area contributed by atoms with Crippen LogP contribution >= 0.6 is 0 Å². The van der Waals surface area contributed by atoms with Gasteiger partial charge in [0.25, 0.3) is 0 Å². The number of ether oxygens (including phenoxy) is 2. The van der Waals surface area contributed by atoms with Crippen molar-refractivity contribution in [2.24, 2.45) is 16.5 Å². The Morgan fingerprint density at radius 3 is 2.60 bits per heavy atom. The average molecular weight is 598 g/mol. The standard InChI is InChI=1S/C29H36FN7O6/c30-18-6-4-17(5-7-18)12-19(33)27(41)37-26(35-16-32)20-8-9-22(36-20)29(15-31)25(40)24(39)21(43-29)14-42-23(38)13-28(34)10-2-1-3-11-28/h4-9,16,19,21,24-25,36,39-40H,1-3,10-14,33-34H2,(H2,32,35,37,41)/t19-,21+,24+,25+,29-/m0/s1. The molecule has 1 saturated heterocycles. The van der Waals surface area contributed by atoms with E-state index in [-0.39, 0.29) is 30.1 Å². The number of hydrogen-bond donors (Lipinski definition) is 7. The molecule has 0 bridgehead atoms. The fraction of sp³-hybridized carbons (Fsp3) is 0.483. The van der Waals surface area contributed by atoms with Crippen LogP contribution in [0.25, 0.3) is 0 Å². The Morgan fingerprint density at radius 1 is 1.26 bits per heavy atom. The second-order valence-electron chi connectivity index (χ2n) is 11.0. The molecule has 1 amide bonds. The highest BCUT2D eigenvalue weighted by Crippen LogP contribution is 2.39. The number of nitrogens with zero attached hydrogens (tertiary/aromatic N) is 2. The number of esters is 1. The molecule has 43 heavy (non-hydrogen) atoms. The molecule has 230 valence electrons. The predicted molar refractivity (Wildman–Crippen MR) is 152 cm³/mol. The van der Waals surface area contributed by atoms with Crippen molar-refractivity contribution in [2.45, 2.75) is 80.4 Å². The Morgan fingerprint density at radius 2 is 1.95 bits per heavy atom. The summed E-state index contributed by atoms with van der Waals surface area (Å²) < 4.78 is 24.3. The number of aromatic nitrogens is 1. The van der Waals surface area contributed by atoms with Gasteiger partial charge in [0.05, 0.1) is 23.9 Å². The van der Waals surface area contributed by atoms with Gasteiger partial charge in [-0.2, -0.15) is 5.26 Å². The van der Waals surface area contributed by atoms with Crippen molar-refractivity contribution in [1.82, 2.24) is 10.3 Å². The van der Waals surface area contributed by atoms with Crippen LogP contribution in [0.15, 0.2) is 41.4 Å². The number of aliphatic hydroxyl groups excluding tert-OH is 2. The van der Waals surface area contributed by atoms with Crippen LogP contribution in [0.5, 0.6) is 0 Å². The van der Waals surface area contributed by atoms with Gasteiger partial charge in [-0.15, -0.1) is 0 Å². The molecule has 0 unspecified atom stereocenters. The monoisotopic (exact) mass is 597 g/mol. The molecule has 5 atom stereocenters. The lowest BCUT2D eigenvalue weighted by atomic mass is 9.80. The molecule has 2 aromatic rings. The van der Waals surface area contributed by atoms with Crippen LogP contribution in [0.2, 0.25) is 0 Å². The van der Waals surface area contributed by atoms with Crippen molar-refractivity contribution in [1.29, 1.82) is 10.7 Å². The van der Waals surface area contributed by atoms with Crippen molar-refractivity contribution >= 4 is 24.1 Å².